The number of carboxylic acid groups (broad SMARTS) is 1. The van der Waals surface area contributed by atoms with E-state index in [9.17, 15) is 24.6 Å². The summed E-state index contributed by atoms with van der Waals surface area (Å²) < 4.78 is 6.59. The highest BCUT2D eigenvalue weighted by Crippen LogP contribution is 2.64. The van der Waals surface area contributed by atoms with E-state index in [1.54, 1.807) is 30.3 Å². The Bertz CT molecular complexity index is 1060. The van der Waals surface area contributed by atoms with Crippen LogP contribution < -0.4 is 4.90 Å². The second-order valence-corrected chi connectivity index (χ2v) is 11.0. The van der Waals surface area contributed by atoms with Crippen LogP contribution in [0.25, 0.3) is 0 Å². The van der Waals surface area contributed by atoms with Crippen molar-refractivity contribution < 1.29 is 29.3 Å². The molecular weight excluding hydrogens is 484 g/mol. The number of rotatable bonds is 10. The second kappa shape index (κ2) is 9.80. The highest BCUT2D eigenvalue weighted by Gasteiger charge is 2.79. The SMILES string of the molecule is C=CCN(C(=O)C1N([C@@H](CO)CC(C)C)C(=O)[C@@H]2[C@H](C(=O)O)[C@]3(CC)CCC12O3)c1ccccc1Cl. The van der Waals surface area contributed by atoms with Gasteiger partial charge in [0.05, 0.1) is 34.9 Å². The predicted molar refractivity (Wildman–Crippen MR) is 136 cm³/mol. The van der Waals surface area contributed by atoms with Gasteiger partial charge in [-0.15, -0.1) is 6.58 Å². The van der Waals surface area contributed by atoms with Crippen molar-refractivity contribution in [2.45, 2.75) is 69.7 Å². The van der Waals surface area contributed by atoms with Gasteiger partial charge in [-0.2, -0.15) is 0 Å². The fourth-order valence-corrected chi connectivity index (χ4v) is 7.02. The molecule has 0 aromatic heterocycles. The molecule has 9 heteroatoms. The van der Waals surface area contributed by atoms with Crippen molar-refractivity contribution in [1.82, 2.24) is 4.90 Å². The molecule has 2 amide bonds. The number of carbonyl (C=O) groups excluding carboxylic acids is 2. The first kappa shape index (κ1) is 26.6. The van der Waals surface area contributed by atoms with Gasteiger partial charge >= 0.3 is 5.97 Å². The maximum atomic E-state index is 14.5. The number of likely N-dealkylation sites (tertiary alicyclic amines) is 1. The topological polar surface area (TPSA) is 107 Å². The number of aliphatic carboxylic acids is 1. The van der Waals surface area contributed by atoms with E-state index in [4.69, 9.17) is 16.3 Å². The highest BCUT2D eigenvalue weighted by molar-refractivity contribution is 6.34. The van der Waals surface area contributed by atoms with Crippen LogP contribution in [-0.4, -0.2) is 69.3 Å². The van der Waals surface area contributed by atoms with Gasteiger partial charge in [0.25, 0.3) is 5.91 Å². The standard InChI is InChI=1S/C27H35ClN2O6/c1-5-13-29(19-10-8-7-9-18(19)28)24(33)22-27-12-11-26(6-2,36-27)21(25(34)35)20(27)23(32)30(22)17(15-31)14-16(3)4/h5,7-10,16-17,20-22,31H,1,6,11-15H2,2-4H3,(H,34,35)/t17-,20+,21-,22?,26+,27?/m1/s1. The molecule has 6 atom stereocenters. The number of benzene rings is 1. The summed E-state index contributed by atoms with van der Waals surface area (Å²) in [4.78, 5) is 44.0. The number of halogens is 1. The Kier molecular flexibility index (Phi) is 7.25. The van der Waals surface area contributed by atoms with Crippen LogP contribution in [0.1, 0.15) is 46.5 Å². The van der Waals surface area contributed by atoms with Crippen molar-refractivity contribution in [3.63, 3.8) is 0 Å². The van der Waals surface area contributed by atoms with Crippen LogP contribution in [0.5, 0.6) is 0 Å². The van der Waals surface area contributed by atoms with Crippen LogP contribution in [0.4, 0.5) is 5.69 Å². The lowest BCUT2D eigenvalue weighted by molar-refractivity contribution is -0.157. The van der Waals surface area contributed by atoms with E-state index in [1.165, 1.54) is 9.80 Å². The number of fused-ring (bicyclic) bond motifs is 1. The molecule has 8 nitrogen and oxygen atoms in total. The molecular formula is C27H35ClN2O6. The average molecular weight is 519 g/mol. The molecule has 1 spiro atoms. The number of carbonyl (C=O) groups is 3. The maximum absolute atomic E-state index is 14.5. The first-order chi connectivity index (χ1) is 17.1. The van der Waals surface area contributed by atoms with E-state index in [-0.39, 0.29) is 19.1 Å². The van der Waals surface area contributed by atoms with Crippen molar-refractivity contribution in [2.75, 3.05) is 18.1 Å². The molecule has 36 heavy (non-hydrogen) atoms. The summed E-state index contributed by atoms with van der Waals surface area (Å²) in [7, 11) is 0. The number of aliphatic hydroxyl groups is 1. The Balaban J connectivity index is 1.89. The molecule has 1 aromatic rings. The summed E-state index contributed by atoms with van der Waals surface area (Å²) in [6.07, 6.45) is 3.29. The van der Waals surface area contributed by atoms with Crippen molar-refractivity contribution >= 4 is 35.1 Å². The molecule has 2 N–H and O–H groups in total. The normalized spacial score (nSPS) is 31.6. The first-order valence-corrected chi connectivity index (χ1v) is 13.0. The summed E-state index contributed by atoms with van der Waals surface area (Å²) in [5.74, 6) is -3.88. The van der Waals surface area contributed by atoms with E-state index in [0.29, 0.717) is 36.4 Å². The Morgan fingerprint density at radius 3 is 2.58 bits per heavy atom. The molecule has 3 fully saturated rings. The minimum atomic E-state index is -1.29. The van der Waals surface area contributed by atoms with Gasteiger partial charge in [0, 0.05) is 6.54 Å². The summed E-state index contributed by atoms with van der Waals surface area (Å²) in [6.45, 7) is 9.39. The molecule has 2 bridgehead atoms. The minimum absolute atomic E-state index is 0.131. The Morgan fingerprint density at radius 1 is 1.33 bits per heavy atom. The molecule has 2 unspecified atom stereocenters. The number of hydrogen-bond acceptors (Lipinski definition) is 5. The van der Waals surface area contributed by atoms with Crippen LogP contribution in [-0.2, 0) is 19.1 Å². The summed E-state index contributed by atoms with van der Waals surface area (Å²) in [6, 6.07) is 5.17. The fourth-order valence-electron chi connectivity index (χ4n) is 6.78. The van der Waals surface area contributed by atoms with Gasteiger partial charge in [-0.1, -0.05) is 50.6 Å². The quantitative estimate of drug-likeness (QED) is 0.459. The van der Waals surface area contributed by atoms with E-state index in [1.807, 2.05) is 20.8 Å². The summed E-state index contributed by atoms with van der Waals surface area (Å²) >= 11 is 6.47. The predicted octanol–water partition coefficient (Wildman–Crippen LogP) is 3.51. The van der Waals surface area contributed by atoms with Crippen LogP contribution in [0.3, 0.4) is 0 Å². The molecule has 1 aromatic carbocycles. The highest BCUT2D eigenvalue weighted by atomic mass is 35.5. The van der Waals surface area contributed by atoms with Gasteiger partial charge in [0.15, 0.2) is 0 Å². The third kappa shape index (κ3) is 3.85. The Morgan fingerprint density at radius 2 is 2.03 bits per heavy atom. The lowest BCUT2D eigenvalue weighted by Gasteiger charge is -2.40. The van der Waals surface area contributed by atoms with Crippen LogP contribution in [0, 0.1) is 17.8 Å². The third-order valence-electron chi connectivity index (χ3n) is 8.19. The van der Waals surface area contributed by atoms with Gasteiger partial charge in [0.2, 0.25) is 5.91 Å². The van der Waals surface area contributed by atoms with Gasteiger partial charge in [-0.25, -0.2) is 0 Å². The molecule has 0 radical (unpaired) electrons. The zero-order valence-corrected chi connectivity index (χ0v) is 21.8. The van der Waals surface area contributed by atoms with Gasteiger partial charge in [-0.3, -0.25) is 14.4 Å². The van der Waals surface area contributed by atoms with Crippen LogP contribution in [0.2, 0.25) is 5.02 Å². The molecule has 0 aliphatic carbocycles. The number of ether oxygens (including phenoxy) is 1. The number of hydrogen-bond donors (Lipinski definition) is 2. The maximum Gasteiger partial charge on any atom is 0.310 e. The average Bonchev–Trinajstić information content (AvgIpc) is 3.45. The van der Waals surface area contributed by atoms with Crippen LogP contribution >= 0.6 is 11.6 Å². The van der Waals surface area contributed by atoms with Crippen LogP contribution in [0.15, 0.2) is 36.9 Å². The smallest absolute Gasteiger partial charge is 0.310 e. The first-order valence-electron chi connectivity index (χ1n) is 12.6. The molecule has 3 aliphatic rings. The van der Waals surface area contributed by atoms with E-state index >= 15 is 0 Å². The summed E-state index contributed by atoms with van der Waals surface area (Å²) in [5, 5.41) is 20.9. The second-order valence-electron chi connectivity index (χ2n) is 10.6. The number of para-hydroxylation sites is 1. The van der Waals surface area contributed by atoms with Gasteiger partial charge in [-0.05, 0) is 43.7 Å². The van der Waals surface area contributed by atoms with E-state index < -0.39 is 52.9 Å². The zero-order valence-electron chi connectivity index (χ0n) is 21.0. The number of anilines is 1. The Hall–Kier alpha value is -2.42. The molecule has 4 rings (SSSR count). The number of nitrogens with zero attached hydrogens (tertiary/aromatic N) is 2. The lowest BCUT2D eigenvalue weighted by atomic mass is 9.65. The fraction of sp³-hybridized carbons (Fsp3) is 0.593. The minimum Gasteiger partial charge on any atom is -0.481 e. The number of amides is 2. The van der Waals surface area contributed by atoms with Crippen molar-refractivity contribution in [3.8, 4) is 0 Å². The summed E-state index contributed by atoms with van der Waals surface area (Å²) in [5.41, 5.74) is -1.83. The van der Waals surface area contributed by atoms with E-state index in [2.05, 4.69) is 6.58 Å². The lowest BCUT2D eigenvalue weighted by Crippen LogP contribution is -2.59. The van der Waals surface area contributed by atoms with Crippen molar-refractivity contribution in [2.24, 2.45) is 17.8 Å². The van der Waals surface area contributed by atoms with Gasteiger partial charge < -0.3 is 24.7 Å². The number of aliphatic hydroxyl groups excluding tert-OH is 1. The molecule has 3 aliphatic heterocycles. The van der Waals surface area contributed by atoms with Crippen molar-refractivity contribution in [1.29, 1.82) is 0 Å². The number of carboxylic acids is 1. The monoisotopic (exact) mass is 518 g/mol. The zero-order chi connectivity index (χ0) is 26.4. The third-order valence-corrected chi connectivity index (χ3v) is 8.51. The molecule has 0 saturated carbocycles. The molecule has 3 saturated heterocycles. The molecule has 196 valence electrons. The largest absolute Gasteiger partial charge is 0.481 e. The molecule has 3 heterocycles. The van der Waals surface area contributed by atoms with Gasteiger partial charge in [0.1, 0.15) is 17.6 Å². The Labute approximate surface area is 216 Å². The van der Waals surface area contributed by atoms with E-state index in [0.717, 1.165) is 0 Å². The van der Waals surface area contributed by atoms with Crippen molar-refractivity contribution in [3.05, 3.63) is 41.9 Å².